The standard InChI is InChI=1S/C10H13N5O2S/c1-6-4-11-10(18-6)7(2)13-9-8(15(16)17)12-5-14(9)3/h4-5,7,13H,1-3H3. The zero-order valence-corrected chi connectivity index (χ0v) is 11.1. The van der Waals surface area contributed by atoms with Crippen LogP contribution in [0.2, 0.25) is 0 Å². The number of nitrogens with one attached hydrogen (secondary N) is 1. The number of imidazole rings is 1. The highest BCUT2D eigenvalue weighted by Gasteiger charge is 2.22. The number of aromatic nitrogens is 3. The van der Waals surface area contributed by atoms with Gasteiger partial charge in [-0.2, -0.15) is 0 Å². The molecule has 0 radical (unpaired) electrons. The van der Waals surface area contributed by atoms with E-state index in [2.05, 4.69) is 15.3 Å². The predicted molar refractivity (Wildman–Crippen MR) is 68.8 cm³/mol. The number of hydrogen-bond acceptors (Lipinski definition) is 6. The Hall–Kier alpha value is -1.96. The van der Waals surface area contributed by atoms with Crippen LogP contribution < -0.4 is 5.32 Å². The number of nitrogens with zero attached hydrogens (tertiary/aromatic N) is 4. The molecule has 2 rings (SSSR count). The first-order valence-corrected chi connectivity index (χ1v) is 6.15. The molecule has 0 spiro atoms. The molecule has 1 N–H and O–H groups in total. The minimum atomic E-state index is -0.498. The lowest BCUT2D eigenvalue weighted by molar-refractivity contribution is -0.388. The summed E-state index contributed by atoms with van der Waals surface area (Å²) in [6, 6.07) is -0.0993. The number of thiazole rings is 1. The Kier molecular flexibility index (Phi) is 3.28. The van der Waals surface area contributed by atoms with E-state index in [1.54, 1.807) is 29.1 Å². The highest BCUT2D eigenvalue weighted by molar-refractivity contribution is 7.11. The number of aryl methyl sites for hydroxylation is 2. The third-order valence-electron chi connectivity index (χ3n) is 2.45. The van der Waals surface area contributed by atoms with Gasteiger partial charge in [0.05, 0.1) is 6.04 Å². The highest BCUT2D eigenvalue weighted by atomic mass is 32.1. The van der Waals surface area contributed by atoms with Gasteiger partial charge < -0.3 is 15.4 Å². The van der Waals surface area contributed by atoms with Gasteiger partial charge in [-0.1, -0.05) is 0 Å². The van der Waals surface area contributed by atoms with E-state index in [4.69, 9.17) is 0 Å². The first-order chi connectivity index (χ1) is 8.49. The molecule has 0 saturated heterocycles. The van der Waals surface area contributed by atoms with Crippen molar-refractivity contribution in [3.05, 3.63) is 32.5 Å². The molecular formula is C10H13N5O2S. The third-order valence-corrected chi connectivity index (χ3v) is 3.55. The maximum absolute atomic E-state index is 10.8. The molecule has 18 heavy (non-hydrogen) atoms. The van der Waals surface area contributed by atoms with Crippen molar-refractivity contribution in [2.75, 3.05) is 5.32 Å². The van der Waals surface area contributed by atoms with Crippen molar-refractivity contribution in [2.45, 2.75) is 19.9 Å². The third kappa shape index (κ3) is 2.33. The summed E-state index contributed by atoms with van der Waals surface area (Å²) < 4.78 is 1.59. The molecule has 8 heteroatoms. The van der Waals surface area contributed by atoms with Gasteiger partial charge in [0.1, 0.15) is 5.01 Å². The molecule has 0 amide bonds. The molecule has 0 fully saturated rings. The van der Waals surface area contributed by atoms with E-state index < -0.39 is 4.92 Å². The van der Waals surface area contributed by atoms with E-state index in [0.29, 0.717) is 5.82 Å². The molecule has 96 valence electrons. The number of rotatable bonds is 4. The summed E-state index contributed by atoms with van der Waals surface area (Å²) in [6.45, 7) is 3.88. The zero-order valence-electron chi connectivity index (χ0n) is 10.2. The Labute approximate surface area is 108 Å². The van der Waals surface area contributed by atoms with Crippen LogP contribution in [0.3, 0.4) is 0 Å². The maximum Gasteiger partial charge on any atom is 0.406 e. The van der Waals surface area contributed by atoms with Crippen LogP contribution in [-0.2, 0) is 7.05 Å². The van der Waals surface area contributed by atoms with Crippen molar-refractivity contribution in [1.82, 2.24) is 14.5 Å². The molecule has 2 aromatic rings. The normalized spacial score (nSPS) is 12.4. The van der Waals surface area contributed by atoms with Crippen LogP contribution in [0.5, 0.6) is 0 Å². The quantitative estimate of drug-likeness (QED) is 0.678. The summed E-state index contributed by atoms with van der Waals surface area (Å²) in [5.41, 5.74) is 0. The van der Waals surface area contributed by atoms with Crippen LogP contribution in [0.25, 0.3) is 0 Å². The van der Waals surface area contributed by atoms with Crippen molar-refractivity contribution >= 4 is 23.0 Å². The molecule has 0 bridgehead atoms. The molecule has 1 atom stereocenters. The summed E-state index contributed by atoms with van der Waals surface area (Å²) >= 11 is 1.56. The Bertz CT molecular complexity index is 577. The Morgan fingerprint density at radius 3 is 2.83 bits per heavy atom. The zero-order chi connectivity index (χ0) is 13.3. The van der Waals surface area contributed by atoms with Gasteiger partial charge in [0, 0.05) is 18.1 Å². The van der Waals surface area contributed by atoms with Crippen LogP contribution >= 0.6 is 11.3 Å². The van der Waals surface area contributed by atoms with Crippen LogP contribution in [0.1, 0.15) is 22.9 Å². The van der Waals surface area contributed by atoms with Crippen LogP contribution in [0.15, 0.2) is 12.5 Å². The second kappa shape index (κ2) is 4.73. The fourth-order valence-electron chi connectivity index (χ4n) is 1.56. The largest absolute Gasteiger partial charge is 0.406 e. The number of hydrogen-bond donors (Lipinski definition) is 1. The van der Waals surface area contributed by atoms with Crippen molar-refractivity contribution in [3.8, 4) is 0 Å². The van der Waals surface area contributed by atoms with E-state index in [-0.39, 0.29) is 11.9 Å². The van der Waals surface area contributed by atoms with Gasteiger partial charge in [0.2, 0.25) is 12.1 Å². The van der Waals surface area contributed by atoms with Gasteiger partial charge in [-0.3, -0.25) is 4.57 Å². The number of anilines is 1. The Morgan fingerprint density at radius 1 is 1.56 bits per heavy atom. The fourth-order valence-corrected chi connectivity index (χ4v) is 2.33. The molecule has 7 nitrogen and oxygen atoms in total. The second-order valence-corrected chi connectivity index (χ2v) is 5.23. The second-order valence-electron chi connectivity index (χ2n) is 3.96. The minimum absolute atomic E-state index is 0.0993. The van der Waals surface area contributed by atoms with Gasteiger partial charge >= 0.3 is 5.82 Å². The van der Waals surface area contributed by atoms with Gasteiger partial charge in [0.25, 0.3) is 0 Å². The fraction of sp³-hybridized carbons (Fsp3) is 0.400. The molecule has 0 aliphatic carbocycles. The van der Waals surface area contributed by atoms with Gasteiger partial charge in [0.15, 0.2) is 0 Å². The first kappa shape index (κ1) is 12.5. The van der Waals surface area contributed by atoms with Crippen LogP contribution in [0.4, 0.5) is 11.6 Å². The highest BCUT2D eigenvalue weighted by Crippen LogP contribution is 2.27. The maximum atomic E-state index is 10.8. The molecular weight excluding hydrogens is 254 g/mol. The molecule has 2 heterocycles. The van der Waals surface area contributed by atoms with E-state index in [1.807, 2.05) is 13.8 Å². The lowest BCUT2D eigenvalue weighted by atomic mass is 10.3. The molecule has 0 aliphatic heterocycles. The van der Waals surface area contributed by atoms with Gasteiger partial charge in [-0.05, 0) is 23.8 Å². The number of nitro groups is 1. The molecule has 2 aromatic heterocycles. The Balaban J connectivity index is 2.23. The van der Waals surface area contributed by atoms with E-state index in [1.165, 1.54) is 6.33 Å². The van der Waals surface area contributed by atoms with Crippen molar-refractivity contribution in [3.63, 3.8) is 0 Å². The van der Waals surface area contributed by atoms with Crippen molar-refractivity contribution in [1.29, 1.82) is 0 Å². The average Bonchev–Trinajstić information content (AvgIpc) is 2.87. The Morgan fingerprint density at radius 2 is 2.28 bits per heavy atom. The summed E-state index contributed by atoms with van der Waals surface area (Å²) in [7, 11) is 1.71. The monoisotopic (exact) mass is 267 g/mol. The van der Waals surface area contributed by atoms with Gasteiger partial charge in [-0.15, -0.1) is 11.3 Å². The summed E-state index contributed by atoms with van der Waals surface area (Å²) in [4.78, 5) is 19.5. The predicted octanol–water partition coefficient (Wildman–Crippen LogP) is 2.27. The van der Waals surface area contributed by atoms with E-state index in [0.717, 1.165) is 9.88 Å². The van der Waals surface area contributed by atoms with E-state index in [9.17, 15) is 10.1 Å². The van der Waals surface area contributed by atoms with Gasteiger partial charge in [-0.25, -0.2) is 4.98 Å². The van der Waals surface area contributed by atoms with E-state index >= 15 is 0 Å². The average molecular weight is 267 g/mol. The first-order valence-electron chi connectivity index (χ1n) is 5.33. The minimum Gasteiger partial charge on any atom is -0.358 e. The van der Waals surface area contributed by atoms with Crippen molar-refractivity contribution in [2.24, 2.45) is 7.05 Å². The smallest absolute Gasteiger partial charge is 0.358 e. The topological polar surface area (TPSA) is 85.9 Å². The molecule has 0 saturated carbocycles. The lowest BCUT2D eigenvalue weighted by Gasteiger charge is -2.11. The SMILES string of the molecule is Cc1cnc(C(C)Nc2c([N+](=O)[O-])ncn2C)s1. The summed E-state index contributed by atoms with van der Waals surface area (Å²) in [5, 5.41) is 14.8. The molecule has 0 aromatic carbocycles. The van der Waals surface area contributed by atoms with Crippen LogP contribution in [-0.4, -0.2) is 19.5 Å². The summed E-state index contributed by atoms with van der Waals surface area (Å²) in [6.07, 6.45) is 3.20. The molecule has 0 aliphatic rings. The van der Waals surface area contributed by atoms with Crippen LogP contribution in [0, 0.1) is 17.0 Å². The lowest BCUT2D eigenvalue weighted by Crippen LogP contribution is -2.10. The molecule has 1 unspecified atom stereocenters. The van der Waals surface area contributed by atoms with Crippen molar-refractivity contribution < 1.29 is 4.92 Å². The summed E-state index contributed by atoms with van der Waals surface area (Å²) in [5.74, 6) is 0.220.